The summed E-state index contributed by atoms with van der Waals surface area (Å²) in [4.78, 5) is 21.1. The first-order chi connectivity index (χ1) is 14.2. The van der Waals surface area contributed by atoms with Gasteiger partial charge >= 0.3 is 0 Å². The van der Waals surface area contributed by atoms with E-state index in [1.807, 2.05) is 35.2 Å². The van der Waals surface area contributed by atoms with E-state index in [-0.39, 0.29) is 5.91 Å². The van der Waals surface area contributed by atoms with Crippen molar-refractivity contribution in [2.45, 2.75) is 19.4 Å². The zero-order chi connectivity index (χ0) is 20.1. The molecule has 7 nitrogen and oxygen atoms in total. The van der Waals surface area contributed by atoms with Gasteiger partial charge in [0.1, 0.15) is 5.82 Å². The number of aryl methyl sites for hydroxylation is 2. The average molecular weight is 411 g/mol. The van der Waals surface area contributed by atoms with Crippen molar-refractivity contribution in [2.24, 2.45) is 0 Å². The molecule has 0 N–H and O–H groups in total. The Hall–Kier alpha value is -2.93. The number of nitrogens with zero attached hydrogens (tertiary/aromatic N) is 6. The fourth-order valence-electron chi connectivity index (χ4n) is 3.45. The monoisotopic (exact) mass is 410 g/mol. The summed E-state index contributed by atoms with van der Waals surface area (Å²) < 4.78 is 1.75. The molecule has 1 fully saturated rings. The summed E-state index contributed by atoms with van der Waals surface area (Å²) in [6.45, 7) is 3.45. The fourth-order valence-corrected chi connectivity index (χ4v) is 3.56. The summed E-state index contributed by atoms with van der Waals surface area (Å²) in [5.74, 6) is 0.814. The minimum absolute atomic E-state index is 0.0666. The lowest BCUT2D eigenvalue weighted by Crippen LogP contribution is -2.49. The third-order valence-corrected chi connectivity index (χ3v) is 5.28. The first-order valence-electron chi connectivity index (χ1n) is 9.79. The van der Waals surface area contributed by atoms with Crippen molar-refractivity contribution in [3.05, 3.63) is 71.1 Å². The highest BCUT2D eigenvalue weighted by atomic mass is 35.5. The molecule has 0 aliphatic carbocycles. The smallest absolute Gasteiger partial charge is 0.276 e. The second-order valence-corrected chi connectivity index (χ2v) is 7.51. The summed E-state index contributed by atoms with van der Waals surface area (Å²) in [6.07, 6.45) is 5.32. The molecule has 150 valence electrons. The Kier molecular flexibility index (Phi) is 6.05. The molecule has 8 heteroatoms. The lowest BCUT2D eigenvalue weighted by atomic mass is 10.1. The summed E-state index contributed by atoms with van der Waals surface area (Å²) in [6, 6.07) is 14.1. The Bertz CT molecular complexity index is 935. The van der Waals surface area contributed by atoms with E-state index in [2.05, 4.69) is 32.3 Å². The minimum atomic E-state index is -0.0666. The van der Waals surface area contributed by atoms with Gasteiger partial charge in [-0.25, -0.2) is 4.98 Å². The number of pyridine rings is 1. The van der Waals surface area contributed by atoms with Crippen LogP contribution in [0.2, 0.25) is 5.02 Å². The lowest BCUT2D eigenvalue weighted by Gasteiger charge is -2.35. The van der Waals surface area contributed by atoms with Crippen molar-refractivity contribution in [1.29, 1.82) is 0 Å². The minimum Gasteiger partial charge on any atom is -0.353 e. The van der Waals surface area contributed by atoms with E-state index in [1.165, 1.54) is 5.56 Å². The van der Waals surface area contributed by atoms with Gasteiger partial charge in [-0.2, -0.15) is 0 Å². The van der Waals surface area contributed by atoms with E-state index in [4.69, 9.17) is 11.6 Å². The number of benzene rings is 1. The average Bonchev–Trinajstić information content (AvgIpc) is 3.24. The van der Waals surface area contributed by atoms with Crippen LogP contribution in [0, 0.1) is 0 Å². The summed E-state index contributed by atoms with van der Waals surface area (Å²) in [5.41, 5.74) is 1.71. The number of anilines is 1. The third kappa shape index (κ3) is 4.92. The summed E-state index contributed by atoms with van der Waals surface area (Å²) >= 11 is 5.90. The number of hydrogen-bond acceptors (Lipinski definition) is 5. The highest BCUT2D eigenvalue weighted by molar-refractivity contribution is 6.30. The van der Waals surface area contributed by atoms with Crippen LogP contribution in [0.5, 0.6) is 0 Å². The molecule has 1 saturated heterocycles. The number of amides is 1. The number of hydrogen-bond donors (Lipinski definition) is 0. The molecule has 0 atom stereocenters. The van der Waals surface area contributed by atoms with Crippen molar-refractivity contribution in [3.63, 3.8) is 0 Å². The van der Waals surface area contributed by atoms with Crippen LogP contribution in [0.15, 0.2) is 54.9 Å². The molecule has 0 saturated carbocycles. The van der Waals surface area contributed by atoms with Crippen molar-refractivity contribution in [3.8, 4) is 0 Å². The van der Waals surface area contributed by atoms with Crippen molar-refractivity contribution in [1.82, 2.24) is 24.9 Å². The van der Waals surface area contributed by atoms with Gasteiger partial charge in [0.05, 0.1) is 11.2 Å². The van der Waals surface area contributed by atoms with Crippen molar-refractivity contribution in [2.75, 3.05) is 31.1 Å². The van der Waals surface area contributed by atoms with Crippen LogP contribution in [-0.2, 0) is 13.0 Å². The van der Waals surface area contributed by atoms with Crippen molar-refractivity contribution >= 4 is 23.3 Å². The van der Waals surface area contributed by atoms with Gasteiger partial charge in [0.25, 0.3) is 5.91 Å². The summed E-state index contributed by atoms with van der Waals surface area (Å²) in [7, 11) is 0. The Morgan fingerprint density at radius 3 is 2.55 bits per heavy atom. The maximum atomic E-state index is 12.8. The Labute approximate surface area is 174 Å². The van der Waals surface area contributed by atoms with Gasteiger partial charge in [0.15, 0.2) is 5.69 Å². The standard InChI is InChI=1S/C21H23ClN6O/c22-18-8-9-20(23-15-18)26-11-13-27(14-12-26)21(29)19-16-28(25-24-19)10-4-7-17-5-2-1-3-6-17/h1-3,5-6,8-9,15-16H,4,7,10-14H2. The number of carbonyl (C=O) groups excluding carboxylic acids is 1. The van der Waals surface area contributed by atoms with Gasteiger partial charge in [-0.3, -0.25) is 9.48 Å². The number of carbonyl (C=O) groups is 1. The maximum absolute atomic E-state index is 12.8. The topological polar surface area (TPSA) is 67.2 Å². The molecular formula is C21H23ClN6O. The van der Waals surface area contributed by atoms with E-state index in [0.29, 0.717) is 23.8 Å². The highest BCUT2D eigenvalue weighted by Gasteiger charge is 2.24. The zero-order valence-electron chi connectivity index (χ0n) is 16.1. The van der Waals surface area contributed by atoms with Crippen LogP contribution in [0.1, 0.15) is 22.5 Å². The normalized spacial score (nSPS) is 14.2. The molecule has 3 aromatic rings. The van der Waals surface area contributed by atoms with E-state index >= 15 is 0 Å². The van der Waals surface area contributed by atoms with Gasteiger partial charge < -0.3 is 9.80 Å². The van der Waals surface area contributed by atoms with E-state index < -0.39 is 0 Å². The van der Waals surface area contributed by atoms with Crippen LogP contribution >= 0.6 is 11.6 Å². The second kappa shape index (κ2) is 9.05. The SMILES string of the molecule is O=C(c1cn(CCCc2ccccc2)nn1)N1CCN(c2ccc(Cl)cn2)CC1. The molecule has 0 unspecified atom stereocenters. The largest absolute Gasteiger partial charge is 0.353 e. The molecule has 2 aromatic heterocycles. The number of piperazine rings is 1. The van der Waals surface area contributed by atoms with Crippen LogP contribution < -0.4 is 4.90 Å². The molecule has 3 heterocycles. The number of rotatable bonds is 6. The molecule has 4 rings (SSSR count). The van der Waals surface area contributed by atoms with Gasteiger partial charge in [-0.1, -0.05) is 47.1 Å². The molecule has 1 aromatic carbocycles. The Morgan fingerprint density at radius 2 is 1.83 bits per heavy atom. The molecule has 0 radical (unpaired) electrons. The highest BCUT2D eigenvalue weighted by Crippen LogP contribution is 2.17. The maximum Gasteiger partial charge on any atom is 0.276 e. The van der Waals surface area contributed by atoms with E-state index in [9.17, 15) is 4.79 Å². The van der Waals surface area contributed by atoms with Gasteiger partial charge in [-0.15, -0.1) is 5.10 Å². The van der Waals surface area contributed by atoms with Gasteiger partial charge in [-0.05, 0) is 30.5 Å². The van der Waals surface area contributed by atoms with Crippen LogP contribution in [0.25, 0.3) is 0 Å². The Balaban J connectivity index is 1.27. The molecule has 29 heavy (non-hydrogen) atoms. The Morgan fingerprint density at radius 1 is 1.03 bits per heavy atom. The molecule has 0 bridgehead atoms. The van der Waals surface area contributed by atoms with Crippen LogP contribution in [0.4, 0.5) is 5.82 Å². The number of aromatic nitrogens is 4. The number of halogens is 1. The van der Waals surface area contributed by atoms with Gasteiger partial charge in [0, 0.05) is 38.9 Å². The first-order valence-corrected chi connectivity index (χ1v) is 10.2. The third-order valence-electron chi connectivity index (χ3n) is 5.06. The van der Waals surface area contributed by atoms with Crippen LogP contribution in [0.3, 0.4) is 0 Å². The second-order valence-electron chi connectivity index (χ2n) is 7.07. The molecular weight excluding hydrogens is 388 g/mol. The molecule has 1 aliphatic rings. The predicted octanol–water partition coefficient (Wildman–Crippen LogP) is 2.92. The van der Waals surface area contributed by atoms with E-state index in [1.54, 1.807) is 17.1 Å². The van der Waals surface area contributed by atoms with Crippen molar-refractivity contribution < 1.29 is 4.79 Å². The first kappa shape index (κ1) is 19.4. The fraction of sp³-hybridized carbons (Fsp3) is 0.333. The molecule has 1 amide bonds. The molecule has 1 aliphatic heterocycles. The van der Waals surface area contributed by atoms with E-state index in [0.717, 1.165) is 38.3 Å². The molecule has 0 spiro atoms. The lowest BCUT2D eigenvalue weighted by molar-refractivity contribution is 0.0740. The predicted molar refractivity (Wildman–Crippen MR) is 112 cm³/mol. The van der Waals surface area contributed by atoms with Gasteiger partial charge in [0.2, 0.25) is 0 Å². The summed E-state index contributed by atoms with van der Waals surface area (Å²) in [5, 5.41) is 8.83. The quantitative estimate of drug-likeness (QED) is 0.625. The zero-order valence-corrected chi connectivity index (χ0v) is 16.9. The van der Waals surface area contributed by atoms with Crippen LogP contribution in [-0.4, -0.2) is 57.0 Å².